The molecule has 6 aromatic rings. The van der Waals surface area contributed by atoms with Gasteiger partial charge in [0.2, 0.25) is 0 Å². The van der Waals surface area contributed by atoms with E-state index < -0.39 is 0 Å². The van der Waals surface area contributed by atoms with Gasteiger partial charge in [-0.15, -0.1) is 12.8 Å². The summed E-state index contributed by atoms with van der Waals surface area (Å²) in [6, 6.07) is 37.1. The Bertz CT molecular complexity index is 3360. The number of allylic oxidation sites excluding steroid dienone is 18. The van der Waals surface area contributed by atoms with Gasteiger partial charge in [0, 0.05) is 63.1 Å². The maximum atomic E-state index is 6.91. The van der Waals surface area contributed by atoms with E-state index in [1.807, 2.05) is 0 Å². The summed E-state index contributed by atoms with van der Waals surface area (Å²) in [5, 5.41) is 1.04. The minimum absolute atomic E-state index is 0.682. The lowest BCUT2D eigenvalue weighted by atomic mass is 9.90. The summed E-state index contributed by atoms with van der Waals surface area (Å²) >= 11 is 0. The first-order valence-corrected chi connectivity index (χ1v) is 24.2. The van der Waals surface area contributed by atoms with Crippen molar-refractivity contribution in [2.45, 2.75) is 60.3 Å². The largest absolute Gasteiger partial charge is 0.453 e. The molecule has 1 aromatic heterocycles. The molecule has 1 aliphatic heterocycles. The van der Waals surface area contributed by atoms with E-state index in [0.717, 1.165) is 116 Å². The number of benzene rings is 5. The predicted octanol–water partition coefficient (Wildman–Crippen LogP) is 17.3. The van der Waals surface area contributed by atoms with Crippen LogP contribution in [0.25, 0.3) is 56.3 Å². The van der Waals surface area contributed by atoms with Gasteiger partial charge in [0.05, 0.1) is 28.3 Å². The summed E-state index contributed by atoms with van der Waals surface area (Å²) in [7, 11) is 0. The summed E-state index contributed by atoms with van der Waals surface area (Å²) in [5.41, 5.74) is 18.6. The third-order valence-corrected chi connectivity index (χ3v) is 13.2. The number of rotatable bonds is 10. The van der Waals surface area contributed by atoms with Crippen LogP contribution in [0.4, 0.5) is 17.1 Å². The van der Waals surface area contributed by atoms with Crippen LogP contribution in [0.1, 0.15) is 70.1 Å². The second kappa shape index (κ2) is 21.2. The lowest BCUT2D eigenvalue weighted by Crippen LogP contribution is -2.27. The zero-order valence-electron chi connectivity index (χ0n) is 40.7. The van der Waals surface area contributed by atoms with Gasteiger partial charge in [-0.2, -0.15) is 0 Å². The molecule has 5 aromatic carbocycles. The van der Waals surface area contributed by atoms with E-state index in [-0.39, 0.29) is 0 Å². The van der Waals surface area contributed by atoms with Crippen molar-refractivity contribution < 1.29 is 4.74 Å². The van der Waals surface area contributed by atoms with Crippen LogP contribution in [-0.2, 0) is 0 Å². The fraction of sp³-hybridized carbons (Fsp3) is 0.138. The van der Waals surface area contributed by atoms with E-state index in [2.05, 4.69) is 258 Å². The van der Waals surface area contributed by atoms with E-state index in [1.54, 1.807) is 0 Å². The molecule has 0 saturated carbocycles. The molecule has 0 saturated heterocycles. The van der Waals surface area contributed by atoms with Gasteiger partial charge in [-0.25, -0.2) is 9.97 Å². The maximum Gasteiger partial charge on any atom is 0.160 e. The number of aromatic nitrogens is 2. The zero-order valence-corrected chi connectivity index (χ0v) is 40.7. The van der Waals surface area contributed by atoms with Crippen molar-refractivity contribution in [2.24, 2.45) is 0 Å². The molecule has 10 rings (SSSR count). The standard InChI is InChI=1S/C63H56N4O.C2H2/c1-6-8-32-52-43(3)37-39-55-60(47-26-16-12-17-27-47)64-63(65-61(52)55)49-28-22-31-51(41-49)66(44(4)7-2)62-53(45(5)46-24-14-11-15-25-46)33-23-34-54(62)48-38-40-57-59(42-48)68-58-36-21-13-20-35-56(58)67(57)50-29-18-9-10-19-30-50;1-2/h7-24,26-29,31-34,36-42H,6,25,30,35H2,1-5H3;1-2H/b32-8-,44-7+,46-45+;. The topological polar surface area (TPSA) is 41.5 Å². The molecular formula is C65H58N4O. The van der Waals surface area contributed by atoms with Crippen molar-refractivity contribution in [1.29, 1.82) is 0 Å². The van der Waals surface area contributed by atoms with Crippen LogP contribution in [0.15, 0.2) is 223 Å². The maximum absolute atomic E-state index is 6.91. The molecule has 344 valence electrons. The number of anilines is 3. The molecule has 5 heteroatoms. The smallest absolute Gasteiger partial charge is 0.160 e. The number of terminal acetylenes is 1. The Hall–Kier alpha value is -8.46. The number of nitrogens with zero attached hydrogens (tertiary/aromatic N) is 4. The summed E-state index contributed by atoms with van der Waals surface area (Å²) in [5.74, 6) is 2.37. The highest BCUT2D eigenvalue weighted by molar-refractivity contribution is 5.99. The molecule has 0 spiro atoms. The Morgan fingerprint density at radius 2 is 1.51 bits per heavy atom. The van der Waals surface area contributed by atoms with Crippen LogP contribution in [0, 0.1) is 19.8 Å². The average Bonchev–Trinajstić information content (AvgIpc) is 3.84. The molecule has 0 atom stereocenters. The first kappa shape index (κ1) is 46.6. The van der Waals surface area contributed by atoms with Crippen LogP contribution in [0.5, 0.6) is 5.75 Å². The number of para-hydroxylation sites is 1. The Balaban J connectivity index is 0.00000300. The quantitative estimate of drug-likeness (QED) is 0.128. The normalized spacial score (nSPS) is 15.7. The number of ether oxygens (including phenoxy) is 1. The minimum atomic E-state index is 0.682. The summed E-state index contributed by atoms with van der Waals surface area (Å²) < 4.78 is 6.91. The Kier molecular flexibility index (Phi) is 14.1. The Morgan fingerprint density at radius 1 is 0.743 bits per heavy atom. The molecule has 3 aliphatic carbocycles. The fourth-order valence-corrected chi connectivity index (χ4v) is 9.58. The highest BCUT2D eigenvalue weighted by atomic mass is 16.5. The van der Waals surface area contributed by atoms with E-state index in [4.69, 9.17) is 14.7 Å². The van der Waals surface area contributed by atoms with Crippen molar-refractivity contribution in [3.05, 3.63) is 239 Å². The van der Waals surface area contributed by atoms with Crippen LogP contribution < -0.4 is 14.5 Å². The van der Waals surface area contributed by atoms with Gasteiger partial charge in [0.15, 0.2) is 11.6 Å². The van der Waals surface area contributed by atoms with Gasteiger partial charge >= 0.3 is 0 Å². The molecule has 5 nitrogen and oxygen atoms in total. The second-order valence-electron chi connectivity index (χ2n) is 17.5. The van der Waals surface area contributed by atoms with Crippen molar-refractivity contribution in [3.63, 3.8) is 0 Å². The molecular weight excluding hydrogens is 853 g/mol. The molecule has 0 unspecified atom stereocenters. The van der Waals surface area contributed by atoms with Gasteiger partial charge in [-0.1, -0.05) is 171 Å². The van der Waals surface area contributed by atoms with E-state index in [9.17, 15) is 0 Å². The minimum Gasteiger partial charge on any atom is -0.453 e. The molecule has 0 amide bonds. The molecule has 4 aliphatic rings. The van der Waals surface area contributed by atoms with Crippen LogP contribution in [0.3, 0.4) is 0 Å². The van der Waals surface area contributed by atoms with Crippen LogP contribution >= 0.6 is 0 Å². The molecule has 0 N–H and O–H groups in total. The Labute approximate surface area is 414 Å². The average molecular weight is 911 g/mol. The van der Waals surface area contributed by atoms with E-state index in [0.29, 0.717) is 5.82 Å². The molecule has 0 fully saturated rings. The lowest BCUT2D eigenvalue weighted by Gasteiger charge is -2.36. The zero-order chi connectivity index (χ0) is 48.6. The third kappa shape index (κ3) is 9.25. The number of aryl methyl sites for hydroxylation is 1. The van der Waals surface area contributed by atoms with Gasteiger partial charge in [0.1, 0.15) is 5.76 Å². The first-order chi connectivity index (χ1) is 34.4. The predicted molar refractivity (Wildman–Crippen MR) is 297 cm³/mol. The van der Waals surface area contributed by atoms with Gasteiger partial charge in [-0.05, 0) is 99.2 Å². The van der Waals surface area contributed by atoms with Crippen molar-refractivity contribution >= 4 is 39.6 Å². The third-order valence-electron chi connectivity index (χ3n) is 13.2. The fourth-order valence-electron chi connectivity index (χ4n) is 9.58. The number of fused-ring (bicyclic) bond motifs is 2. The van der Waals surface area contributed by atoms with Crippen LogP contribution in [-0.4, -0.2) is 9.97 Å². The lowest BCUT2D eigenvalue weighted by molar-refractivity contribution is 0.425. The van der Waals surface area contributed by atoms with Gasteiger partial charge < -0.3 is 14.5 Å². The van der Waals surface area contributed by atoms with Crippen molar-refractivity contribution in [1.82, 2.24) is 9.97 Å². The second-order valence-corrected chi connectivity index (χ2v) is 17.5. The van der Waals surface area contributed by atoms with Gasteiger partial charge in [-0.3, -0.25) is 0 Å². The molecule has 2 heterocycles. The summed E-state index contributed by atoms with van der Waals surface area (Å²) in [6.07, 6.45) is 46.0. The van der Waals surface area contributed by atoms with Crippen LogP contribution in [0.2, 0.25) is 0 Å². The highest BCUT2D eigenvalue weighted by Gasteiger charge is 2.30. The first-order valence-electron chi connectivity index (χ1n) is 24.2. The molecule has 70 heavy (non-hydrogen) atoms. The monoisotopic (exact) mass is 910 g/mol. The van der Waals surface area contributed by atoms with E-state index >= 15 is 0 Å². The SMILES string of the molecule is C#C.C/C=C(\C)N(c1cccc(-c2nc(-c3ccccc3)c3ccc(C)c(/C=C\CC)c3n2)c1)c1c(/C(C)=C2\C=CC=CC2)cccc1-c1ccc2c(c1)OC1=C(CC=CC=C1)N2C1=CC=CC=CC1. The van der Waals surface area contributed by atoms with Crippen molar-refractivity contribution in [3.8, 4) is 52.4 Å². The number of hydrogen-bond donors (Lipinski definition) is 0. The highest BCUT2D eigenvalue weighted by Crippen LogP contribution is 2.49. The molecule has 0 radical (unpaired) electrons. The Morgan fingerprint density at radius 3 is 2.31 bits per heavy atom. The van der Waals surface area contributed by atoms with Gasteiger partial charge in [0.25, 0.3) is 0 Å². The van der Waals surface area contributed by atoms with Crippen molar-refractivity contribution in [2.75, 3.05) is 9.80 Å². The summed E-state index contributed by atoms with van der Waals surface area (Å²) in [6.45, 7) is 10.9. The number of hydrogen-bond acceptors (Lipinski definition) is 5. The summed E-state index contributed by atoms with van der Waals surface area (Å²) in [4.78, 5) is 15.6. The molecule has 0 bridgehead atoms. The van der Waals surface area contributed by atoms with E-state index in [1.165, 1.54) is 22.4 Å².